The summed E-state index contributed by atoms with van der Waals surface area (Å²) in [6.45, 7) is 3.30. The quantitative estimate of drug-likeness (QED) is 0.907. The summed E-state index contributed by atoms with van der Waals surface area (Å²) in [5, 5.41) is 2.87. The Hall–Kier alpha value is -2.63. The Labute approximate surface area is 145 Å². The molecule has 1 aromatic carbocycles. The van der Waals surface area contributed by atoms with Crippen molar-refractivity contribution in [3.8, 4) is 11.3 Å². The Morgan fingerprint density at radius 3 is 2.76 bits per heavy atom. The summed E-state index contributed by atoms with van der Waals surface area (Å²) in [7, 11) is 0. The molecule has 0 saturated carbocycles. The number of nitrogens with one attached hydrogen (secondary N) is 1. The number of benzene rings is 1. The zero-order valence-corrected chi connectivity index (χ0v) is 14.1. The normalized spacial score (nSPS) is 17.6. The van der Waals surface area contributed by atoms with E-state index in [1.165, 1.54) is 12.1 Å². The maximum atomic E-state index is 13.0. The van der Waals surface area contributed by atoms with Crippen molar-refractivity contribution in [3.63, 3.8) is 0 Å². The zero-order valence-electron chi connectivity index (χ0n) is 14.1. The van der Waals surface area contributed by atoms with Gasteiger partial charge in [0.15, 0.2) is 0 Å². The molecule has 25 heavy (non-hydrogen) atoms. The summed E-state index contributed by atoms with van der Waals surface area (Å²) >= 11 is 0. The van der Waals surface area contributed by atoms with Crippen molar-refractivity contribution < 1.29 is 18.4 Å². The molecule has 3 rings (SSSR count). The molecule has 0 radical (unpaired) electrons. The number of hydrogen-bond acceptors (Lipinski definition) is 3. The van der Waals surface area contributed by atoms with Crippen molar-refractivity contribution >= 4 is 11.8 Å². The van der Waals surface area contributed by atoms with Crippen molar-refractivity contribution in [2.75, 3.05) is 13.1 Å². The van der Waals surface area contributed by atoms with E-state index in [-0.39, 0.29) is 30.1 Å². The summed E-state index contributed by atoms with van der Waals surface area (Å²) in [4.78, 5) is 25.7. The second kappa shape index (κ2) is 7.51. The number of amides is 2. The molecule has 0 aliphatic carbocycles. The first kappa shape index (κ1) is 17.2. The van der Waals surface area contributed by atoms with Gasteiger partial charge in [-0.15, -0.1) is 0 Å². The SMILES string of the molecule is CCN1CC(C(=O)NCc2ccc(-c3ccc(F)cc3)o2)CCC1=O. The number of carbonyl (C=O) groups excluding carboxylic acids is 2. The molecule has 6 heteroatoms. The highest BCUT2D eigenvalue weighted by molar-refractivity contribution is 5.83. The van der Waals surface area contributed by atoms with E-state index in [4.69, 9.17) is 4.42 Å². The number of carbonyl (C=O) groups is 2. The third-order valence-corrected chi connectivity index (χ3v) is 4.48. The van der Waals surface area contributed by atoms with Crippen LogP contribution in [0.5, 0.6) is 0 Å². The van der Waals surface area contributed by atoms with E-state index in [1.807, 2.05) is 6.92 Å². The van der Waals surface area contributed by atoms with Gasteiger partial charge in [0.1, 0.15) is 17.3 Å². The lowest BCUT2D eigenvalue weighted by molar-refractivity contribution is -0.138. The fourth-order valence-corrected chi connectivity index (χ4v) is 3.00. The van der Waals surface area contributed by atoms with Gasteiger partial charge in [0, 0.05) is 25.1 Å². The van der Waals surface area contributed by atoms with Crippen LogP contribution < -0.4 is 5.32 Å². The fourth-order valence-electron chi connectivity index (χ4n) is 3.00. The summed E-state index contributed by atoms with van der Waals surface area (Å²) in [5.41, 5.74) is 0.781. The topological polar surface area (TPSA) is 62.6 Å². The molecule has 1 aliphatic rings. The van der Waals surface area contributed by atoms with Gasteiger partial charge in [-0.2, -0.15) is 0 Å². The summed E-state index contributed by atoms with van der Waals surface area (Å²) in [6.07, 6.45) is 1.00. The van der Waals surface area contributed by atoms with Crippen LogP contribution in [0.2, 0.25) is 0 Å². The van der Waals surface area contributed by atoms with Crippen molar-refractivity contribution in [1.29, 1.82) is 0 Å². The lowest BCUT2D eigenvalue weighted by atomic mass is 9.96. The van der Waals surface area contributed by atoms with E-state index in [2.05, 4.69) is 5.32 Å². The maximum Gasteiger partial charge on any atom is 0.225 e. The number of likely N-dealkylation sites (tertiary alicyclic amines) is 1. The first-order valence-corrected chi connectivity index (χ1v) is 8.47. The molecular weight excluding hydrogens is 323 g/mol. The Bertz CT molecular complexity index is 754. The highest BCUT2D eigenvalue weighted by atomic mass is 19.1. The molecule has 0 spiro atoms. The van der Waals surface area contributed by atoms with E-state index >= 15 is 0 Å². The average Bonchev–Trinajstić information content (AvgIpc) is 3.09. The smallest absolute Gasteiger partial charge is 0.225 e. The van der Waals surface area contributed by atoms with Crippen molar-refractivity contribution in [2.45, 2.75) is 26.3 Å². The van der Waals surface area contributed by atoms with Crippen LogP contribution in [-0.4, -0.2) is 29.8 Å². The van der Waals surface area contributed by atoms with Crippen LogP contribution in [0.1, 0.15) is 25.5 Å². The van der Waals surface area contributed by atoms with Gasteiger partial charge < -0.3 is 14.6 Å². The van der Waals surface area contributed by atoms with Crippen molar-refractivity contribution in [2.24, 2.45) is 5.92 Å². The highest BCUT2D eigenvalue weighted by Crippen LogP contribution is 2.23. The van der Waals surface area contributed by atoms with Crippen LogP contribution in [0.4, 0.5) is 4.39 Å². The molecule has 5 nitrogen and oxygen atoms in total. The minimum atomic E-state index is -0.296. The number of rotatable bonds is 5. The van der Waals surface area contributed by atoms with Gasteiger partial charge in [0.05, 0.1) is 12.5 Å². The van der Waals surface area contributed by atoms with Gasteiger partial charge in [-0.05, 0) is 49.7 Å². The molecule has 1 atom stereocenters. The monoisotopic (exact) mass is 344 g/mol. The number of hydrogen-bond donors (Lipinski definition) is 1. The predicted molar refractivity (Wildman–Crippen MR) is 90.9 cm³/mol. The standard InChI is InChI=1S/C19H21FN2O3/c1-2-22-12-14(5-10-18(22)23)19(24)21-11-16-8-9-17(25-16)13-3-6-15(20)7-4-13/h3-4,6-9,14H,2,5,10-12H2,1H3,(H,21,24). The first-order chi connectivity index (χ1) is 12.1. The molecule has 2 heterocycles. The summed E-state index contributed by atoms with van der Waals surface area (Å²) in [6, 6.07) is 9.64. The molecule has 1 fully saturated rings. The molecule has 1 aromatic heterocycles. The lowest BCUT2D eigenvalue weighted by Gasteiger charge is -2.30. The van der Waals surface area contributed by atoms with Crippen molar-refractivity contribution in [1.82, 2.24) is 10.2 Å². The molecule has 0 bridgehead atoms. The fraction of sp³-hybridized carbons (Fsp3) is 0.368. The molecule has 1 saturated heterocycles. The zero-order chi connectivity index (χ0) is 17.8. The number of piperidine rings is 1. The second-order valence-corrected chi connectivity index (χ2v) is 6.16. The molecule has 1 aliphatic heterocycles. The highest BCUT2D eigenvalue weighted by Gasteiger charge is 2.29. The summed E-state index contributed by atoms with van der Waals surface area (Å²) in [5.74, 6) is 0.836. The lowest BCUT2D eigenvalue weighted by Crippen LogP contribution is -2.45. The molecule has 1 N–H and O–H groups in total. The predicted octanol–water partition coefficient (Wildman–Crippen LogP) is 2.96. The van der Waals surface area contributed by atoms with Crippen LogP contribution >= 0.6 is 0 Å². The number of furan rings is 1. The Kier molecular flexibility index (Phi) is 5.16. The van der Waals surface area contributed by atoms with E-state index in [1.54, 1.807) is 29.2 Å². The van der Waals surface area contributed by atoms with Gasteiger partial charge in [0.2, 0.25) is 11.8 Å². The Morgan fingerprint density at radius 2 is 2.04 bits per heavy atom. The van der Waals surface area contributed by atoms with Crippen molar-refractivity contribution in [3.05, 3.63) is 48.0 Å². The van der Waals surface area contributed by atoms with Gasteiger partial charge in [-0.1, -0.05) is 0 Å². The average molecular weight is 344 g/mol. The van der Waals surface area contributed by atoms with E-state index in [0.717, 1.165) is 5.56 Å². The third kappa shape index (κ3) is 4.07. The van der Waals surface area contributed by atoms with Gasteiger partial charge in [0.25, 0.3) is 0 Å². The van der Waals surface area contributed by atoms with Gasteiger partial charge in [-0.25, -0.2) is 4.39 Å². The van der Waals surface area contributed by atoms with Crippen LogP contribution in [-0.2, 0) is 16.1 Å². The Morgan fingerprint density at radius 1 is 1.28 bits per heavy atom. The Balaban J connectivity index is 1.56. The van der Waals surface area contributed by atoms with Crippen LogP contribution in [0, 0.1) is 11.7 Å². The molecule has 2 aromatic rings. The van der Waals surface area contributed by atoms with Crippen LogP contribution in [0.3, 0.4) is 0 Å². The molecular formula is C19H21FN2O3. The van der Waals surface area contributed by atoms with Crippen LogP contribution in [0.15, 0.2) is 40.8 Å². The van der Waals surface area contributed by atoms with E-state index in [0.29, 0.717) is 37.5 Å². The first-order valence-electron chi connectivity index (χ1n) is 8.47. The minimum absolute atomic E-state index is 0.0642. The van der Waals surface area contributed by atoms with E-state index < -0.39 is 0 Å². The number of nitrogens with zero attached hydrogens (tertiary/aromatic N) is 1. The minimum Gasteiger partial charge on any atom is -0.459 e. The van der Waals surface area contributed by atoms with Gasteiger partial charge >= 0.3 is 0 Å². The molecule has 132 valence electrons. The van der Waals surface area contributed by atoms with Crippen LogP contribution in [0.25, 0.3) is 11.3 Å². The molecule has 1 unspecified atom stereocenters. The maximum absolute atomic E-state index is 13.0. The van der Waals surface area contributed by atoms with Gasteiger partial charge in [-0.3, -0.25) is 9.59 Å². The summed E-state index contributed by atoms with van der Waals surface area (Å²) < 4.78 is 18.7. The second-order valence-electron chi connectivity index (χ2n) is 6.16. The third-order valence-electron chi connectivity index (χ3n) is 4.48. The van der Waals surface area contributed by atoms with E-state index in [9.17, 15) is 14.0 Å². The molecule has 2 amide bonds. The number of halogens is 1. The largest absolute Gasteiger partial charge is 0.459 e.